The van der Waals surface area contributed by atoms with Crippen LogP contribution in [-0.2, 0) is 11.2 Å². The molecule has 27 heavy (non-hydrogen) atoms. The van der Waals surface area contributed by atoms with Crippen LogP contribution in [0.3, 0.4) is 0 Å². The van der Waals surface area contributed by atoms with E-state index in [4.69, 9.17) is 14.2 Å². The van der Waals surface area contributed by atoms with Crippen molar-refractivity contribution in [2.24, 2.45) is 0 Å². The fourth-order valence-electron chi connectivity index (χ4n) is 2.68. The number of Topliss-reactive ketones (excluding diaryl/α,β-unsaturated/α-hetero) is 1. The van der Waals surface area contributed by atoms with Crippen LogP contribution in [-0.4, -0.2) is 26.6 Å². The molecule has 0 spiro atoms. The zero-order chi connectivity index (χ0) is 19.6. The first-order chi connectivity index (χ1) is 13.1. The molecule has 0 bridgehead atoms. The van der Waals surface area contributed by atoms with Crippen LogP contribution < -0.4 is 14.2 Å². The second kappa shape index (κ2) is 10.2. The molecule has 0 saturated heterocycles. The van der Waals surface area contributed by atoms with Crippen molar-refractivity contribution in [1.29, 1.82) is 0 Å². The van der Waals surface area contributed by atoms with Gasteiger partial charge in [0.1, 0.15) is 23.9 Å². The Bertz CT molecular complexity index is 804. The Labute approximate surface area is 161 Å². The van der Waals surface area contributed by atoms with E-state index in [1.807, 2.05) is 49.4 Å². The summed E-state index contributed by atoms with van der Waals surface area (Å²) >= 11 is 0. The van der Waals surface area contributed by atoms with E-state index >= 15 is 0 Å². The van der Waals surface area contributed by atoms with Gasteiger partial charge in [-0.15, -0.1) is 0 Å². The molecule has 4 heteroatoms. The van der Waals surface area contributed by atoms with Crippen LogP contribution in [0.4, 0.5) is 0 Å². The highest BCUT2D eigenvalue weighted by Gasteiger charge is 2.15. The highest BCUT2D eigenvalue weighted by atomic mass is 16.5. The third-order valence-corrected chi connectivity index (χ3v) is 4.15. The molecule has 0 atom stereocenters. The Balaban J connectivity index is 2.28. The fourth-order valence-corrected chi connectivity index (χ4v) is 2.68. The normalized spacial score (nSPS) is 11.0. The third-order valence-electron chi connectivity index (χ3n) is 4.15. The van der Waals surface area contributed by atoms with E-state index in [0.717, 1.165) is 16.9 Å². The van der Waals surface area contributed by atoms with Crippen LogP contribution in [0.2, 0.25) is 0 Å². The van der Waals surface area contributed by atoms with E-state index in [0.29, 0.717) is 36.5 Å². The van der Waals surface area contributed by atoms with Crippen molar-refractivity contribution in [3.05, 3.63) is 72.3 Å². The van der Waals surface area contributed by atoms with Gasteiger partial charge < -0.3 is 14.2 Å². The molecule has 0 heterocycles. The molecule has 0 radical (unpaired) electrons. The molecule has 0 unspecified atom stereocenters. The molecule has 4 nitrogen and oxygen atoms in total. The smallest absolute Gasteiger partial charge is 0.163 e. The number of rotatable bonds is 10. The summed E-state index contributed by atoms with van der Waals surface area (Å²) in [7, 11) is 3.19. The van der Waals surface area contributed by atoms with E-state index in [-0.39, 0.29) is 5.78 Å². The first-order valence-corrected chi connectivity index (χ1v) is 8.91. The third kappa shape index (κ3) is 5.48. The highest BCUT2D eigenvalue weighted by molar-refractivity contribution is 6.21. The zero-order valence-corrected chi connectivity index (χ0v) is 16.2. The predicted molar refractivity (Wildman–Crippen MR) is 109 cm³/mol. The van der Waals surface area contributed by atoms with Crippen LogP contribution in [0, 0.1) is 0 Å². The monoisotopic (exact) mass is 366 g/mol. The van der Waals surface area contributed by atoms with Gasteiger partial charge in [0.05, 0.1) is 14.2 Å². The van der Waals surface area contributed by atoms with E-state index in [9.17, 15) is 4.79 Å². The topological polar surface area (TPSA) is 44.8 Å². The molecule has 0 aliphatic rings. The molecule has 0 amide bonds. The number of allylic oxidation sites excluding steroid dienone is 2. The van der Waals surface area contributed by atoms with Crippen molar-refractivity contribution >= 4 is 11.4 Å². The molecule has 0 fully saturated rings. The SMILES string of the molecule is C=CCOc1ccc(C/C=C(/C(=O)CC)c2ccc(OC)cc2OC)cc1. The van der Waals surface area contributed by atoms with Crippen molar-refractivity contribution in [2.75, 3.05) is 20.8 Å². The number of carbonyl (C=O) groups is 1. The Morgan fingerprint density at radius 2 is 1.74 bits per heavy atom. The van der Waals surface area contributed by atoms with Gasteiger partial charge in [-0.25, -0.2) is 0 Å². The second-order valence-electron chi connectivity index (χ2n) is 5.91. The predicted octanol–water partition coefficient (Wildman–Crippen LogP) is 4.87. The maximum atomic E-state index is 12.5. The molecule has 0 aliphatic heterocycles. The fraction of sp³-hybridized carbons (Fsp3) is 0.261. The number of ether oxygens (including phenoxy) is 3. The van der Waals surface area contributed by atoms with Crippen molar-refractivity contribution in [2.45, 2.75) is 19.8 Å². The second-order valence-corrected chi connectivity index (χ2v) is 5.91. The quantitative estimate of drug-likeness (QED) is 0.444. The van der Waals surface area contributed by atoms with Crippen LogP contribution in [0.15, 0.2) is 61.2 Å². The average molecular weight is 366 g/mol. The van der Waals surface area contributed by atoms with E-state index in [1.54, 1.807) is 26.4 Å². The molecular weight excluding hydrogens is 340 g/mol. The van der Waals surface area contributed by atoms with E-state index in [2.05, 4.69) is 6.58 Å². The van der Waals surface area contributed by atoms with Gasteiger partial charge in [0.25, 0.3) is 0 Å². The molecule has 0 N–H and O–H groups in total. The summed E-state index contributed by atoms with van der Waals surface area (Å²) in [5.74, 6) is 2.18. The zero-order valence-electron chi connectivity index (χ0n) is 16.2. The number of carbonyl (C=O) groups excluding carboxylic acids is 1. The summed E-state index contributed by atoms with van der Waals surface area (Å²) in [4.78, 5) is 12.5. The minimum absolute atomic E-state index is 0.0735. The average Bonchev–Trinajstić information content (AvgIpc) is 2.72. The first-order valence-electron chi connectivity index (χ1n) is 8.91. The minimum Gasteiger partial charge on any atom is -0.497 e. The molecular formula is C23H26O4. The summed E-state index contributed by atoms with van der Waals surface area (Å²) in [5.41, 5.74) is 2.52. The van der Waals surface area contributed by atoms with Crippen molar-refractivity contribution < 1.29 is 19.0 Å². The van der Waals surface area contributed by atoms with Crippen LogP contribution in [0.5, 0.6) is 17.2 Å². The molecule has 0 aromatic heterocycles. The van der Waals surface area contributed by atoms with Gasteiger partial charge in [-0.2, -0.15) is 0 Å². The Morgan fingerprint density at radius 1 is 1.04 bits per heavy atom. The van der Waals surface area contributed by atoms with Crippen LogP contribution in [0.25, 0.3) is 5.57 Å². The van der Waals surface area contributed by atoms with Crippen molar-refractivity contribution in [1.82, 2.24) is 0 Å². The van der Waals surface area contributed by atoms with Gasteiger partial charge in [-0.1, -0.05) is 37.8 Å². The molecule has 0 saturated carbocycles. The van der Waals surface area contributed by atoms with Crippen LogP contribution in [0.1, 0.15) is 24.5 Å². The Morgan fingerprint density at radius 3 is 2.33 bits per heavy atom. The van der Waals surface area contributed by atoms with E-state index < -0.39 is 0 Å². The largest absolute Gasteiger partial charge is 0.497 e. The molecule has 2 rings (SSSR count). The minimum atomic E-state index is 0.0735. The summed E-state index contributed by atoms with van der Waals surface area (Å²) in [6, 6.07) is 13.3. The lowest BCUT2D eigenvalue weighted by atomic mass is 9.96. The van der Waals surface area contributed by atoms with Crippen molar-refractivity contribution in [3.8, 4) is 17.2 Å². The van der Waals surface area contributed by atoms with Gasteiger partial charge in [-0.05, 0) is 36.2 Å². The maximum Gasteiger partial charge on any atom is 0.163 e. The van der Waals surface area contributed by atoms with Crippen molar-refractivity contribution in [3.63, 3.8) is 0 Å². The lowest BCUT2D eigenvalue weighted by molar-refractivity contribution is -0.113. The number of hydrogen-bond acceptors (Lipinski definition) is 4. The van der Waals surface area contributed by atoms with Gasteiger partial charge in [-0.3, -0.25) is 4.79 Å². The number of ketones is 1. The Hall–Kier alpha value is -3.01. The summed E-state index contributed by atoms with van der Waals surface area (Å²) in [6.45, 7) is 5.97. The molecule has 142 valence electrons. The Kier molecular flexibility index (Phi) is 7.68. The molecule has 2 aromatic carbocycles. The summed E-state index contributed by atoms with van der Waals surface area (Å²) < 4.78 is 16.2. The van der Waals surface area contributed by atoms with E-state index in [1.165, 1.54) is 0 Å². The van der Waals surface area contributed by atoms with Crippen LogP contribution >= 0.6 is 0 Å². The number of hydrogen-bond donors (Lipinski definition) is 0. The number of methoxy groups -OCH3 is 2. The lowest BCUT2D eigenvalue weighted by Gasteiger charge is -2.13. The summed E-state index contributed by atoms with van der Waals surface area (Å²) in [6.07, 6.45) is 4.73. The maximum absolute atomic E-state index is 12.5. The molecule has 2 aromatic rings. The van der Waals surface area contributed by atoms with Gasteiger partial charge in [0.2, 0.25) is 0 Å². The van der Waals surface area contributed by atoms with Gasteiger partial charge in [0, 0.05) is 23.6 Å². The standard InChI is InChI=1S/C23H26O4/c1-5-15-27-18-10-7-17(8-11-18)9-13-20(22(24)6-2)21-14-12-19(25-3)16-23(21)26-4/h5,7-8,10-14,16H,1,6,9,15H2,2-4H3/b20-13+. The number of benzene rings is 2. The summed E-state index contributed by atoms with van der Waals surface area (Å²) in [5, 5.41) is 0. The van der Waals surface area contributed by atoms with Gasteiger partial charge in [0.15, 0.2) is 5.78 Å². The van der Waals surface area contributed by atoms with Gasteiger partial charge >= 0.3 is 0 Å². The molecule has 0 aliphatic carbocycles. The highest BCUT2D eigenvalue weighted by Crippen LogP contribution is 2.31. The first kappa shape index (κ1) is 20.3. The lowest BCUT2D eigenvalue weighted by Crippen LogP contribution is -2.03.